The predicted molar refractivity (Wildman–Crippen MR) is 115 cm³/mol. The van der Waals surface area contributed by atoms with Gasteiger partial charge in [0.2, 0.25) is 0 Å². The second kappa shape index (κ2) is 11.3. The number of hydrogen-bond donors (Lipinski definition) is 3. The molecular weight excluding hydrogens is 399 g/mol. The third-order valence-corrected chi connectivity index (χ3v) is 3.97. The molecule has 0 saturated heterocycles. The fraction of sp³-hybridized carbons (Fsp3) is 0.381. The molecule has 0 bridgehead atoms. The normalized spacial score (nSPS) is 12.0. The Balaban J connectivity index is 0.00000392. The van der Waals surface area contributed by atoms with Gasteiger partial charge in [0.05, 0.1) is 6.10 Å². The molecule has 2 rings (SSSR count). The van der Waals surface area contributed by atoms with E-state index < -0.39 is 6.10 Å². The molecule has 0 aliphatic heterocycles. The van der Waals surface area contributed by atoms with E-state index in [0.717, 1.165) is 11.1 Å². The van der Waals surface area contributed by atoms with Crippen LogP contribution in [0.2, 0.25) is 5.02 Å². The molecule has 0 fully saturated rings. The van der Waals surface area contributed by atoms with Crippen molar-refractivity contribution in [2.75, 3.05) is 13.2 Å². The molecule has 5 nitrogen and oxygen atoms in total. The molecule has 0 aromatic heterocycles. The highest BCUT2D eigenvalue weighted by Gasteiger charge is 2.15. The van der Waals surface area contributed by atoms with Gasteiger partial charge >= 0.3 is 0 Å². The summed E-state index contributed by atoms with van der Waals surface area (Å²) in [6, 6.07) is 14.7. The van der Waals surface area contributed by atoms with Crippen molar-refractivity contribution in [3.8, 4) is 5.75 Å². The second-order valence-electron chi connectivity index (χ2n) is 7.40. The lowest BCUT2D eigenvalue weighted by Gasteiger charge is -2.21. The zero-order valence-electron chi connectivity index (χ0n) is 16.4. The highest BCUT2D eigenvalue weighted by Crippen LogP contribution is 2.23. The number of aliphatic hydroxyl groups is 1. The zero-order chi connectivity index (χ0) is 19.9. The number of amides is 1. The Morgan fingerprint density at radius 1 is 1.18 bits per heavy atom. The van der Waals surface area contributed by atoms with Gasteiger partial charge < -0.3 is 20.5 Å². The van der Waals surface area contributed by atoms with Gasteiger partial charge in [-0.25, -0.2) is 0 Å². The smallest absolute Gasteiger partial charge is 0.258 e. The minimum Gasteiger partial charge on any atom is -0.483 e. The van der Waals surface area contributed by atoms with Crippen molar-refractivity contribution in [2.24, 2.45) is 0 Å². The van der Waals surface area contributed by atoms with Crippen LogP contribution >= 0.6 is 24.0 Å². The number of rotatable bonds is 8. The molecule has 0 aliphatic carbocycles. The average Bonchev–Trinajstić information content (AvgIpc) is 2.60. The van der Waals surface area contributed by atoms with Crippen LogP contribution in [0.1, 0.15) is 38.0 Å². The van der Waals surface area contributed by atoms with E-state index in [1.165, 1.54) is 0 Å². The number of carbonyl (C=O) groups is 1. The fourth-order valence-corrected chi connectivity index (χ4v) is 2.76. The lowest BCUT2D eigenvalue weighted by atomic mass is 10.1. The van der Waals surface area contributed by atoms with Crippen molar-refractivity contribution in [3.05, 3.63) is 64.7 Å². The van der Waals surface area contributed by atoms with Crippen LogP contribution in [-0.2, 0) is 11.3 Å². The maximum Gasteiger partial charge on any atom is 0.258 e. The first-order valence-corrected chi connectivity index (χ1v) is 9.28. The van der Waals surface area contributed by atoms with Crippen molar-refractivity contribution >= 4 is 29.9 Å². The summed E-state index contributed by atoms with van der Waals surface area (Å²) in [7, 11) is 0. The highest BCUT2D eigenvalue weighted by molar-refractivity contribution is 6.30. The van der Waals surface area contributed by atoms with Crippen LogP contribution in [0.25, 0.3) is 0 Å². The number of carbonyl (C=O) groups excluding carboxylic acids is 1. The number of hydrogen-bond acceptors (Lipinski definition) is 4. The van der Waals surface area contributed by atoms with E-state index in [0.29, 0.717) is 23.9 Å². The molecule has 2 aromatic carbocycles. The topological polar surface area (TPSA) is 70.6 Å². The number of ether oxygens (including phenoxy) is 1. The maximum atomic E-state index is 12.0. The molecule has 1 unspecified atom stereocenters. The van der Waals surface area contributed by atoms with Gasteiger partial charge in [-0.15, -0.1) is 12.4 Å². The van der Waals surface area contributed by atoms with Crippen molar-refractivity contribution < 1.29 is 14.6 Å². The third-order valence-electron chi connectivity index (χ3n) is 3.73. The molecule has 1 amide bonds. The Kier molecular flexibility index (Phi) is 9.76. The minimum atomic E-state index is -0.604. The molecule has 0 radical (unpaired) electrons. The van der Waals surface area contributed by atoms with Gasteiger partial charge in [-0.2, -0.15) is 0 Å². The number of halogens is 2. The summed E-state index contributed by atoms with van der Waals surface area (Å²) in [5.74, 6) is 0.404. The van der Waals surface area contributed by atoms with Gasteiger partial charge in [-0.3, -0.25) is 4.79 Å². The summed E-state index contributed by atoms with van der Waals surface area (Å²) in [4.78, 5) is 12.0. The van der Waals surface area contributed by atoms with Gasteiger partial charge in [0.1, 0.15) is 5.75 Å². The van der Waals surface area contributed by atoms with Gasteiger partial charge in [0.15, 0.2) is 6.61 Å². The van der Waals surface area contributed by atoms with Gasteiger partial charge in [-0.1, -0.05) is 41.9 Å². The van der Waals surface area contributed by atoms with Gasteiger partial charge in [0, 0.05) is 29.2 Å². The van der Waals surface area contributed by atoms with Crippen molar-refractivity contribution in [2.45, 2.75) is 39.0 Å². The van der Waals surface area contributed by atoms with E-state index >= 15 is 0 Å². The SMILES string of the molecule is CC(C)(C)NC(=O)COc1ccc(Cl)cc1CNCC(O)c1ccccc1.Cl. The van der Waals surface area contributed by atoms with Gasteiger partial charge in [-0.05, 0) is 44.5 Å². The molecule has 2 aromatic rings. The summed E-state index contributed by atoms with van der Waals surface area (Å²) in [6.45, 7) is 6.53. The van der Waals surface area contributed by atoms with E-state index in [1.807, 2.05) is 51.1 Å². The maximum absolute atomic E-state index is 12.0. The first kappa shape index (κ1) is 24.2. The first-order chi connectivity index (χ1) is 12.7. The summed E-state index contributed by atoms with van der Waals surface area (Å²) in [5.41, 5.74) is 1.37. The Labute approximate surface area is 177 Å². The van der Waals surface area contributed by atoms with Crippen LogP contribution in [0.5, 0.6) is 5.75 Å². The second-order valence-corrected chi connectivity index (χ2v) is 7.83. The highest BCUT2D eigenvalue weighted by atomic mass is 35.5. The molecule has 0 heterocycles. The largest absolute Gasteiger partial charge is 0.483 e. The Morgan fingerprint density at radius 3 is 2.50 bits per heavy atom. The number of aliphatic hydroxyl groups excluding tert-OH is 1. The van der Waals surface area contributed by atoms with Crippen LogP contribution < -0.4 is 15.4 Å². The van der Waals surface area contributed by atoms with E-state index in [4.69, 9.17) is 16.3 Å². The van der Waals surface area contributed by atoms with Crippen LogP contribution in [0, 0.1) is 0 Å². The van der Waals surface area contributed by atoms with E-state index in [1.54, 1.807) is 18.2 Å². The van der Waals surface area contributed by atoms with Crippen LogP contribution in [0.15, 0.2) is 48.5 Å². The monoisotopic (exact) mass is 426 g/mol. The van der Waals surface area contributed by atoms with E-state index in [-0.39, 0.29) is 30.5 Å². The fourth-order valence-electron chi connectivity index (χ4n) is 2.56. The Hall–Kier alpha value is -1.79. The van der Waals surface area contributed by atoms with E-state index in [2.05, 4.69) is 10.6 Å². The van der Waals surface area contributed by atoms with Crippen molar-refractivity contribution in [3.63, 3.8) is 0 Å². The molecular formula is C21H28Cl2N2O3. The molecule has 3 N–H and O–H groups in total. The molecule has 1 atom stereocenters. The molecule has 0 saturated carbocycles. The summed E-state index contributed by atoms with van der Waals surface area (Å²) in [6.07, 6.45) is -0.604. The predicted octanol–water partition coefficient (Wildman–Crippen LogP) is 3.88. The Bertz CT molecular complexity index is 749. The number of benzene rings is 2. The van der Waals surface area contributed by atoms with Crippen molar-refractivity contribution in [1.29, 1.82) is 0 Å². The number of nitrogens with one attached hydrogen (secondary N) is 2. The average molecular weight is 427 g/mol. The zero-order valence-corrected chi connectivity index (χ0v) is 17.9. The summed E-state index contributed by atoms with van der Waals surface area (Å²) >= 11 is 6.09. The lowest BCUT2D eigenvalue weighted by Crippen LogP contribution is -2.43. The van der Waals surface area contributed by atoms with Crippen LogP contribution in [0.3, 0.4) is 0 Å². The first-order valence-electron chi connectivity index (χ1n) is 8.90. The lowest BCUT2D eigenvalue weighted by molar-refractivity contribution is -0.124. The van der Waals surface area contributed by atoms with Crippen LogP contribution in [0.4, 0.5) is 0 Å². The molecule has 7 heteroatoms. The Morgan fingerprint density at radius 2 is 1.86 bits per heavy atom. The molecule has 28 heavy (non-hydrogen) atoms. The molecule has 0 aliphatic rings. The summed E-state index contributed by atoms with van der Waals surface area (Å²) < 4.78 is 5.67. The third kappa shape index (κ3) is 8.48. The van der Waals surface area contributed by atoms with Crippen molar-refractivity contribution in [1.82, 2.24) is 10.6 Å². The van der Waals surface area contributed by atoms with Crippen LogP contribution in [-0.4, -0.2) is 29.7 Å². The molecule has 154 valence electrons. The quantitative estimate of drug-likeness (QED) is 0.598. The standard InChI is InChI=1S/C21H27ClN2O3.ClH/c1-21(2,3)24-20(26)14-27-19-10-9-17(22)11-16(19)12-23-13-18(25)15-7-5-4-6-8-15;/h4-11,18,23,25H,12-14H2,1-3H3,(H,24,26);1H. The van der Waals surface area contributed by atoms with E-state index in [9.17, 15) is 9.90 Å². The van der Waals surface area contributed by atoms with Gasteiger partial charge in [0.25, 0.3) is 5.91 Å². The summed E-state index contributed by atoms with van der Waals surface area (Å²) in [5, 5.41) is 16.9. The molecule has 0 spiro atoms. The minimum absolute atomic E-state index is 0.